The quantitative estimate of drug-likeness (QED) is 0.115. The van der Waals surface area contributed by atoms with E-state index in [1.54, 1.807) is 39.7 Å². The molecule has 5 rings (SSSR count). The van der Waals surface area contributed by atoms with Gasteiger partial charge in [-0.25, -0.2) is 4.98 Å². The van der Waals surface area contributed by atoms with Crippen LogP contribution in [0.2, 0.25) is 0 Å². The summed E-state index contributed by atoms with van der Waals surface area (Å²) in [6, 6.07) is 2.53. The molecule has 15 heteroatoms. The lowest BCUT2D eigenvalue weighted by Crippen LogP contribution is -2.71. The number of nitrogen functional groups attached to an aromatic ring is 1. The fourth-order valence-electron chi connectivity index (χ4n) is 4.40. The Morgan fingerprint density at radius 2 is 2.16 bits per heavy atom. The lowest BCUT2D eigenvalue weighted by atomic mass is 10.0. The topological polar surface area (TPSA) is 175 Å². The van der Waals surface area contributed by atoms with Crippen LogP contribution in [0.5, 0.6) is 0 Å². The maximum absolute atomic E-state index is 13.0. The molecule has 1 saturated heterocycles. The second-order valence-electron chi connectivity index (χ2n) is 8.46. The molecule has 0 spiro atoms. The highest BCUT2D eigenvalue weighted by atomic mass is 32.2. The van der Waals surface area contributed by atoms with Crippen molar-refractivity contribution >= 4 is 63.0 Å². The number of hydrogen-bond acceptors (Lipinski definition) is 11. The Hall–Kier alpha value is -4.24. The third-order valence-corrected chi connectivity index (χ3v) is 8.09. The fraction of sp³-hybridized carbons (Fsp3) is 0.261. The Morgan fingerprint density at radius 1 is 1.37 bits per heavy atom. The Bertz CT molecular complexity index is 1560. The van der Waals surface area contributed by atoms with E-state index in [-0.39, 0.29) is 34.6 Å². The number of nitrogens with two attached hydrogens (primary N) is 1. The van der Waals surface area contributed by atoms with Crippen molar-refractivity contribution in [3.63, 3.8) is 0 Å². The van der Waals surface area contributed by atoms with E-state index in [2.05, 4.69) is 15.5 Å². The maximum atomic E-state index is 13.0. The number of fused-ring (bicyclic) bond motifs is 2. The van der Waals surface area contributed by atoms with Gasteiger partial charge in [0.15, 0.2) is 35.6 Å². The highest BCUT2D eigenvalue weighted by molar-refractivity contribution is 8.00. The predicted octanol–water partition coefficient (Wildman–Crippen LogP) is -1.08. The van der Waals surface area contributed by atoms with E-state index < -0.39 is 29.2 Å². The number of thiazole rings is 1. The number of anilines is 1. The number of hydrogen-bond donors (Lipinski definition) is 2. The molecule has 1 fully saturated rings. The second kappa shape index (κ2) is 9.90. The smallest absolute Gasteiger partial charge is 0.276 e. The molecule has 2 amide bonds. The molecule has 0 aromatic carbocycles. The molecule has 0 radical (unpaired) electrons. The van der Waals surface area contributed by atoms with E-state index in [9.17, 15) is 24.3 Å². The monoisotopic (exact) mass is 555 g/mol. The minimum Gasteiger partial charge on any atom is -0.543 e. The highest BCUT2D eigenvalue weighted by Gasteiger charge is 2.53. The zero-order chi connectivity index (χ0) is 27.1. The number of carboxylic acid groups (broad SMARTS) is 1. The van der Waals surface area contributed by atoms with Gasteiger partial charge in [0.1, 0.15) is 29.7 Å². The summed E-state index contributed by atoms with van der Waals surface area (Å²) in [5.41, 5.74) is 7.24. The summed E-state index contributed by atoms with van der Waals surface area (Å²) in [6.07, 6.45) is 5.23. The van der Waals surface area contributed by atoms with Gasteiger partial charge in [0.2, 0.25) is 0 Å². The van der Waals surface area contributed by atoms with Crippen molar-refractivity contribution in [1.29, 1.82) is 0 Å². The van der Waals surface area contributed by atoms with Gasteiger partial charge in [-0.2, -0.15) is 4.57 Å². The van der Waals surface area contributed by atoms with Gasteiger partial charge in [0.25, 0.3) is 11.8 Å². The number of rotatable bonds is 8. The van der Waals surface area contributed by atoms with Crippen LogP contribution in [-0.2, 0) is 25.8 Å². The van der Waals surface area contributed by atoms with Gasteiger partial charge in [-0.15, -0.1) is 23.1 Å². The van der Waals surface area contributed by atoms with Crippen LogP contribution in [0, 0.1) is 0 Å². The molecular formula is C23H21N7O6S2. The zero-order valence-electron chi connectivity index (χ0n) is 20.1. The van der Waals surface area contributed by atoms with Crippen molar-refractivity contribution in [2.75, 3.05) is 18.6 Å². The summed E-state index contributed by atoms with van der Waals surface area (Å²) < 4.78 is 3.51. The van der Waals surface area contributed by atoms with Crippen LogP contribution in [0.1, 0.15) is 23.1 Å². The molecule has 0 unspecified atom stereocenters. The van der Waals surface area contributed by atoms with Crippen LogP contribution < -0.4 is 20.7 Å². The first-order valence-corrected chi connectivity index (χ1v) is 13.1. The van der Waals surface area contributed by atoms with Crippen LogP contribution in [0.15, 0.2) is 52.5 Å². The Balaban J connectivity index is 1.36. The number of carbonyl (C=O) groups is 4. The predicted molar refractivity (Wildman–Crippen MR) is 135 cm³/mol. The number of β-lactam (4-membered cyclic amide) rings is 1. The lowest BCUT2D eigenvalue weighted by Gasteiger charge is -2.50. The molecule has 2 aliphatic heterocycles. The third-order valence-electron chi connectivity index (χ3n) is 6.08. The SMILES string of the molecule is CO/N=C(\C(=O)N[C@@H]1C(=O)N2C(C(=O)[O-])=C(C[n+]3ccn4c(C(C)=O)ccc4c3)CS[C@@H]12)c1csc(N)n1. The Morgan fingerprint density at radius 3 is 2.82 bits per heavy atom. The molecule has 38 heavy (non-hydrogen) atoms. The van der Waals surface area contributed by atoms with Crippen molar-refractivity contribution in [2.24, 2.45) is 5.16 Å². The van der Waals surface area contributed by atoms with E-state index in [4.69, 9.17) is 10.6 Å². The number of nitrogens with one attached hydrogen (secondary N) is 1. The lowest BCUT2D eigenvalue weighted by molar-refractivity contribution is -0.688. The van der Waals surface area contributed by atoms with Crippen LogP contribution in [0.25, 0.3) is 5.52 Å². The maximum Gasteiger partial charge on any atom is 0.276 e. The van der Waals surface area contributed by atoms with E-state index >= 15 is 0 Å². The number of nitrogens with zero attached hydrogens (tertiary/aromatic N) is 5. The number of Topliss-reactive ketones (excluding diaryl/α,β-unsaturated/α-hetero) is 1. The van der Waals surface area contributed by atoms with Crippen molar-refractivity contribution in [2.45, 2.75) is 24.9 Å². The van der Waals surface area contributed by atoms with Gasteiger partial charge in [-0.3, -0.25) is 19.3 Å². The normalized spacial score (nSPS) is 19.3. The summed E-state index contributed by atoms with van der Waals surface area (Å²) in [5, 5.41) is 19.6. The molecule has 3 aromatic heterocycles. The van der Waals surface area contributed by atoms with Gasteiger partial charge < -0.3 is 30.2 Å². The van der Waals surface area contributed by atoms with E-state index in [0.717, 1.165) is 21.8 Å². The molecule has 13 nitrogen and oxygen atoms in total. The van der Waals surface area contributed by atoms with E-state index in [0.29, 0.717) is 17.0 Å². The summed E-state index contributed by atoms with van der Waals surface area (Å²) >= 11 is 2.44. The third kappa shape index (κ3) is 4.39. The molecule has 2 aliphatic rings. The number of carbonyl (C=O) groups excluding carboxylic acids is 4. The molecule has 0 aliphatic carbocycles. The Kier molecular flexibility index (Phi) is 6.62. The van der Waals surface area contributed by atoms with Gasteiger partial charge in [-0.05, 0) is 12.1 Å². The van der Waals surface area contributed by atoms with E-state index in [1.807, 2.05) is 0 Å². The molecule has 0 bridgehead atoms. The molecular weight excluding hydrogens is 534 g/mol. The van der Waals surface area contributed by atoms with Crippen molar-refractivity contribution in [3.05, 3.63) is 58.8 Å². The largest absolute Gasteiger partial charge is 0.543 e. The number of ketones is 1. The van der Waals surface area contributed by atoms with E-state index in [1.165, 1.54) is 31.2 Å². The van der Waals surface area contributed by atoms with Crippen LogP contribution in [-0.4, -0.2) is 67.8 Å². The number of aliphatic carboxylic acids is 1. The first-order chi connectivity index (χ1) is 18.2. The van der Waals surface area contributed by atoms with Crippen molar-refractivity contribution in [1.82, 2.24) is 19.6 Å². The number of aromatic nitrogens is 3. The van der Waals surface area contributed by atoms with Gasteiger partial charge in [-0.1, -0.05) is 5.16 Å². The second-order valence-corrected chi connectivity index (χ2v) is 10.5. The highest BCUT2D eigenvalue weighted by Crippen LogP contribution is 2.40. The average Bonchev–Trinajstić information content (AvgIpc) is 3.51. The number of thioether (sulfide) groups is 1. The zero-order valence-corrected chi connectivity index (χ0v) is 21.7. The molecule has 0 saturated carbocycles. The first kappa shape index (κ1) is 25.4. The van der Waals surface area contributed by atoms with Crippen LogP contribution in [0.4, 0.5) is 5.13 Å². The molecule has 3 aromatic rings. The minimum atomic E-state index is -1.48. The first-order valence-electron chi connectivity index (χ1n) is 11.2. The van der Waals surface area contributed by atoms with Gasteiger partial charge in [0, 0.05) is 23.6 Å². The average molecular weight is 556 g/mol. The summed E-state index contributed by atoms with van der Waals surface area (Å²) in [7, 11) is 1.27. The summed E-state index contributed by atoms with van der Waals surface area (Å²) in [5.74, 6) is -2.55. The molecule has 2 atom stereocenters. The van der Waals surface area contributed by atoms with Gasteiger partial charge in [0.05, 0.1) is 23.6 Å². The van der Waals surface area contributed by atoms with Crippen molar-refractivity contribution < 1.29 is 33.7 Å². The fourth-order valence-corrected chi connectivity index (χ4v) is 6.28. The summed E-state index contributed by atoms with van der Waals surface area (Å²) in [6.45, 7) is 1.67. The minimum absolute atomic E-state index is 0.0753. The van der Waals surface area contributed by atoms with Crippen LogP contribution in [0.3, 0.4) is 0 Å². The number of amides is 2. The number of carboxylic acids is 1. The standard InChI is InChI=1S/C23H21N7O6S2/c1-11(31)15-4-3-13-8-28(5-6-29(13)15)7-12-9-37-21-17(20(33)30(21)18(12)22(34)35)26-19(32)16(27-36-2)14-10-38-23(24)25-14/h3-6,8,10,17,21H,7,9H2,1-2H3,(H3-,24,25,26,32,34,35)/b27-16-/t17-,21+/m1/s1. The number of oxime groups is 1. The molecule has 5 heterocycles. The molecule has 3 N–H and O–H groups in total. The molecule has 196 valence electrons. The summed E-state index contributed by atoms with van der Waals surface area (Å²) in [4.78, 5) is 59.8. The van der Waals surface area contributed by atoms with Crippen molar-refractivity contribution in [3.8, 4) is 0 Å². The van der Waals surface area contributed by atoms with Crippen LogP contribution >= 0.6 is 23.1 Å². The van der Waals surface area contributed by atoms with Gasteiger partial charge >= 0.3 is 0 Å². The Labute approximate surface area is 223 Å².